The standard InChI is InChI=1S/C14H19F3N2O2/c1-2-3-4-7-21-9-13(20)19-12-6-5-10(8-11(12)18)14(15,16)17/h5-6,8H,2-4,7,9,18H2,1H3,(H,19,20). The molecule has 7 heteroatoms. The lowest BCUT2D eigenvalue weighted by Crippen LogP contribution is -2.19. The third-order valence-electron chi connectivity index (χ3n) is 2.78. The minimum atomic E-state index is -4.46. The number of nitrogens with two attached hydrogens (primary N) is 1. The SMILES string of the molecule is CCCCCOCC(=O)Nc1ccc(C(F)(F)F)cc1N. The first-order valence-electron chi connectivity index (χ1n) is 6.69. The molecule has 0 spiro atoms. The van der Waals surface area contributed by atoms with E-state index in [0.29, 0.717) is 6.61 Å². The number of unbranched alkanes of at least 4 members (excludes halogenated alkanes) is 2. The zero-order valence-electron chi connectivity index (χ0n) is 11.8. The van der Waals surface area contributed by atoms with E-state index < -0.39 is 17.6 Å². The van der Waals surface area contributed by atoms with Crippen molar-refractivity contribution in [3.8, 4) is 0 Å². The number of hydrogen-bond donors (Lipinski definition) is 2. The fourth-order valence-electron chi connectivity index (χ4n) is 1.66. The van der Waals surface area contributed by atoms with Gasteiger partial charge in [-0.1, -0.05) is 19.8 Å². The Morgan fingerprint density at radius 2 is 2.05 bits per heavy atom. The summed E-state index contributed by atoms with van der Waals surface area (Å²) in [5.74, 6) is -0.446. The lowest BCUT2D eigenvalue weighted by molar-refractivity contribution is -0.137. The summed E-state index contributed by atoms with van der Waals surface area (Å²) >= 11 is 0. The Hall–Kier alpha value is -1.76. The zero-order chi connectivity index (χ0) is 15.9. The zero-order valence-corrected chi connectivity index (χ0v) is 11.8. The first kappa shape index (κ1) is 17.3. The van der Waals surface area contributed by atoms with Crippen LogP contribution in [0.1, 0.15) is 31.7 Å². The van der Waals surface area contributed by atoms with Gasteiger partial charge >= 0.3 is 6.18 Å². The van der Waals surface area contributed by atoms with Crippen molar-refractivity contribution < 1.29 is 22.7 Å². The summed E-state index contributed by atoms with van der Waals surface area (Å²) in [6.07, 6.45) is -1.52. The van der Waals surface area contributed by atoms with Crippen molar-refractivity contribution >= 4 is 17.3 Å². The third kappa shape index (κ3) is 6.03. The van der Waals surface area contributed by atoms with E-state index in [1.165, 1.54) is 0 Å². The van der Waals surface area contributed by atoms with Crippen molar-refractivity contribution in [2.45, 2.75) is 32.4 Å². The van der Waals surface area contributed by atoms with Crippen molar-refractivity contribution in [3.63, 3.8) is 0 Å². The maximum atomic E-state index is 12.5. The van der Waals surface area contributed by atoms with Gasteiger partial charge in [-0.25, -0.2) is 0 Å². The topological polar surface area (TPSA) is 64.3 Å². The van der Waals surface area contributed by atoms with E-state index in [2.05, 4.69) is 12.2 Å². The number of ether oxygens (including phenoxy) is 1. The Kier molecular flexibility index (Phi) is 6.48. The monoisotopic (exact) mass is 304 g/mol. The van der Waals surface area contributed by atoms with Gasteiger partial charge in [-0.05, 0) is 24.6 Å². The van der Waals surface area contributed by atoms with Crippen LogP contribution in [-0.2, 0) is 15.7 Å². The highest BCUT2D eigenvalue weighted by molar-refractivity contribution is 5.94. The Labute approximate surface area is 121 Å². The minimum Gasteiger partial charge on any atom is -0.397 e. The van der Waals surface area contributed by atoms with Crippen LogP contribution < -0.4 is 11.1 Å². The lowest BCUT2D eigenvalue weighted by Gasteiger charge is -2.12. The van der Waals surface area contributed by atoms with Crippen LogP contribution in [0.5, 0.6) is 0 Å². The van der Waals surface area contributed by atoms with Gasteiger partial charge in [-0.3, -0.25) is 4.79 Å². The number of anilines is 2. The molecule has 3 N–H and O–H groups in total. The van der Waals surface area contributed by atoms with Gasteiger partial charge in [0.25, 0.3) is 0 Å². The molecule has 21 heavy (non-hydrogen) atoms. The Morgan fingerprint density at radius 1 is 1.33 bits per heavy atom. The van der Waals surface area contributed by atoms with Crippen molar-refractivity contribution in [1.82, 2.24) is 0 Å². The highest BCUT2D eigenvalue weighted by Crippen LogP contribution is 2.32. The molecule has 1 amide bonds. The molecule has 118 valence electrons. The molecule has 0 saturated heterocycles. The number of alkyl halides is 3. The number of nitrogen functional groups attached to an aromatic ring is 1. The van der Waals surface area contributed by atoms with Crippen LogP contribution in [0.2, 0.25) is 0 Å². The predicted octanol–water partition coefficient (Wildman–Crippen LogP) is 3.43. The first-order chi connectivity index (χ1) is 9.84. The highest BCUT2D eigenvalue weighted by Gasteiger charge is 2.30. The molecule has 0 unspecified atom stereocenters. The molecule has 0 heterocycles. The summed E-state index contributed by atoms with van der Waals surface area (Å²) in [5, 5.41) is 2.42. The molecule has 4 nitrogen and oxygen atoms in total. The maximum absolute atomic E-state index is 12.5. The first-order valence-corrected chi connectivity index (χ1v) is 6.69. The van der Waals surface area contributed by atoms with Gasteiger partial charge in [-0.2, -0.15) is 13.2 Å². The number of halogens is 3. The summed E-state index contributed by atoms with van der Waals surface area (Å²) in [4.78, 5) is 11.6. The molecule has 0 atom stereocenters. The van der Waals surface area contributed by atoms with E-state index in [0.717, 1.165) is 37.5 Å². The number of amides is 1. The van der Waals surface area contributed by atoms with Gasteiger partial charge in [-0.15, -0.1) is 0 Å². The van der Waals surface area contributed by atoms with Crippen LogP contribution >= 0.6 is 0 Å². The van der Waals surface area contributed by atoms with Crippen molar-refractivity contribution in [2.75, 3.05) is 24.3 Å². The summed E-state index contributed by atoms with van der Waals surface area (Å²) in [6, 6.07) is 2.79. The van der Waals surface area contributed by atoms with Crippen LogP contribution in [0.25, 0.3) is 0 Å². The van der Waals surface area contributed by atoms with Gasteiger partial charge in [0.15, 0.2) is 0 Å². The predicted molar refractivity (Wildman–Crippen MR) is 74.8 cm³/mol. The third-order valence-corrected chi connectivity index (χ3v) is 2.78. The van der Waals surface area contributed by atoms with Crippen molar-refractivity contribution in [2.24, 2.45) is 0 Å². The van der Waals surface area contributed by atoms with E-state index in [9.17, 15) is 18.0 Å². The average Bonchev–Trinajstić information content (AvgIpc) is 2.39. The number of nitrogens with one attached hydrogen (secondary N) is 1. The molecular weight excluding hydrogens is 285 g/mol. The number of rotatable bonds is 7. The molecule has 0 aliphatic heterocycles. The second-order valence-corrected chi connectivity index (χ2v) is 4.61. The molecule has 0 bridgehead atoms. The van der Waals surface area contributed by atoms with Crippen molar-refractivity contribution in [1.29, 1.82) is 0 Å². The van der Waals surface area contributed by atoms with E-state index in [1.54, 1.807) is 0 Å². The largest absolute Gasteiger partial charge is 0.416 e. The number of benzene rings is 1. The number of carbonyl (C=O) groups excluding carboxylic acids is 1. The smallest absolute Gasteiger partial charge is 0.397 e. The van der Waals surface area contributed by atoms with Crippen LogP contribution in [-0.4, -0.2) is 19.1 Å². The quantitative estimate of drug-likeness (QED) is 0.599. The van der Waals surface area contributed by atoms with Crippen LogP contribution in [0, 0.1) is 0 Å². The summed E-state index contributed by atoms with van der Waals surface area (Å²) < 4.78 is 42.6. The summed E-state index contributed by atoms with van der Waals surface area (Å²) in [6.45, 7) is 2.38. The van der Waals surface area contributed by atoms with E-state index in [-0.39, 0.29) is 18.0 Å². The fraction of sp³-hybridized carbons (Fsp3) is 0.500. The van der Waals surface area contributed by atoms with Crippen LogP contribution in [0.15, 0.2) is 18.2 Å². The van der Waals surface area contributed by atoms with Crippen molar-refractivity contribution in [3.05, 3.63) is 23.8 Å². The number of carbonyl (C=O) groups is 1. The molecule has 0 aliphatic carbocycles. The minimum absolute atomic E-state index is 0.135. The molecule has 1 aromatic carbocycles. The molecule has 1 aromatic rings. The van der Waals surface area contributed by atoms with Gasteiger partial charge in [0.05, 0.1) is 16.9 Å². The fourth-order valence-corrected chi connectivity index (χ4v) is 1.66. The Bertz CT molecular complexity index is 476. The molecule has 0 fully saturated rings. The van der Waals surface area contributed by atoms with E-state index in [1.807, 2.05) is 0 Å². The lowest BCUT2D eigenvalue weighted by atomic mass is 10.1. The Morgan fingerprint density at radius 3 is 2.62 bits per heavy atom. The van der Waals surface area contributed by atoms with Gasteiger partial charge in [0.2, 0.25) is 5.91 Å². The summed E-state index contributed by atoms with van der Waals surface area (Å²) in [5.41, 5.74) is 4.66. The molecule has 0 aromatic heterocycles. The average molecular weight is 304 g/mol. The van der Waals surface area contributed by atoms with Gasteiger partial charge in [0.1, 0.15) is 6.61 Å². The van der Waals surface area contributed by atoms with Crippen LogP contribution in [0.3, 0.4) is 0 Å². The molecule has 0 radical (unpaired) electrons. The normalized spacial score (nSPS) is 11.4. The highest BCUT2D eigenvalue weighted by atomic mass is 19.4. The van der Waals surface area contributed by atoms with Gasteiger partial charge < -0.3 is 15.8 Å². The van der Waals surface area contributed by atoms with Gasteiger partial charge in [0, 0.05) is 6.61 Å². The Balaban J connectivity index is 2.49. The second-order valence-electron chi connectivity index (χ2n) is 4.61. The molecular formula is C14H19F3N2O2. The summed E-state index contributed by atoms with van der Waals surface area (Å²) in [7, 11) is 0. The number of hydrogen-bond acceptors (Lipinski definition) is 3. The molecule has 1 rings (SSSR count). The second kappa shape index (κ2) is 7.87. The van der Waals surface area contributed by atoms with Crippen LogP contribution in [0.4, 0.5) is 24.5 Å². The molecule has 0 aliphatic rings. The van der Waals surface area contributed by atoms with E-state index >= 15 is 0 Å². The van der Waals surface area contributed by atoms with E-state index in [4.69, 9.17) is 10.5 Å². The maximum Gasteiger partial charge on any atom is 0.416 e. The molecule has 0 saturated carbocycles.